The van der Waals surface area contributed by atoms with Crippen molar-refractivity contribution in [2.75, 3.05) is 26.2 Å². The third-order valence-electron chi connectivity index (χ3n) is 12.0. The van der Waals surface area contributed by atoms with Crippen molar-refractivity contribution in [3.63, 3.8) is 0 Å². The highest BCUT2D eigenvalue weighted by Crippen LogP contribution is 2.77. The molecule has 6 aliphatic carbocycles. The first kappa shape index (κ1) is 24.9. The summed E-state index contributed by atoms with van der Waals surface area (Å²) in [6.07, 6.45) is 3.80. The molecule has 4 heterocycles. The van der Waals surface area contributed by atoms with Gasteiger partial charge in [-0.1, -0.05) is 0 Å². The van der Waals surface area contributed by atoms with Crippen molar-refractivity contribution in [3.05, 3.63) is 23.4 Å². The quantitative estimate of drug-likeness (QED) is 0.556. The Morgan fingerprint density at radius 1 is 0.976 bits per heavy atom. The summed E-state index contributed by atoms with van der Waals surface area (Å²) in [5, 5.41) is 25.4. The number of rotatable bonds is 5. The Morgan fingerprint density at radius 3 is 2.24 bits per heavy atom. The number of aliphatic hydroxyl groups is 1. The maximum atomic E-state index is 13.5. The van der Waals surface area contributed by atoms with E-state index in [1.54, 1.807) is 0 Å². The minimum absolute atomic E-state index is 0.0284. The highest BCUT2D eigenvalue weighted by atomic mass is 19.4. The molecule has 0 aromatic carbocycles. The van der Waals surface area contributed by atoms with Crippen LogP contribution in [0, 0.1) is 16.7 Å². The van der Waals surface area contributed by atoms with Gasteiger partial charge in [-0.2, -0.15) is 18.3 Å². The van der Waals surface area contributed by atoms with E-state index < -0.39 is 17.2 Å². The monoisotopic (exact) mass is 573 g/mol. The molecule has 2 amide bonds. The van der Waals surface area contributed by atoms with Gasteiger partial charge in [0, 0.05) is 37.5 Å². The predicted molar refractivity (Wildman–Crippen MR) is 134 cm³/mol. The van der Waals surface area contributed by atoms with Crippen molar-refractivity contribution in [2.45, 2.75) is 99.2 Å². The van der Waals surface area contributed by atoms with Crippen LogP contribution in [0.3, 0.4) is 0 Å². The minimum Gasteiger partial charge on any atom is -0.424 e. The van der Waals surface area contributed by atoms with E-state index in [1.807, 2.05) is 9.80 Å². The van der Waals surface area contributed by atoms with Crippen LogP contribution >= 0.6 is 0 Å². The highest BCUT2D eigenvalue weighted by Gasteiger charge is 2.74. The summed E-state index contributed by atoms with van der Waals surface area (Å²) >= 11 is 0. The number of carbonyl (C=O) groups excluding carboxylic acids is 1. The molecule has 13 heteroatoms. The zero-order chi connectivity index (χ0) is 28.0. The van der Waals surface area contributed by atoms with Gasteiger partial charge in [0.05, 0.1) is 5.41 Å². The first-order valence-electron chi connectivity index (χ1n) is 15.1. The lowest BCUT2D eigenvalue weighted by atomic mass is 9.31. The van der Waals surface area contributed by atoms with Gasteiger partial charge in [0.2, 0.25) is 11.8 Å². The number of amides is 2. The van der Waals surface area contributed by atoms with E-state index >= 15 is 0 Å². The Morgan fingerprint density at radius 2 is 1.63 bits per heavy atom. The fraction of sp³-hybridized carbons (Fsp3) is 0.821. The summed E-state index contributed by atoms with van der Waals surface area (Å²) < 4.78 is 46.1. The molecule has 2 saturated heterocycles. The third-order valence-corrected chi connectivity index (χ3v) is 12.0. The number of aromatic amines is 1. The van der Waals surface area contributed by atoms with Crippen molar-refractivity contribution in [2.24, 2.45) is 16.7 Å². The lowest BCUT2D eigenvalue weighted by molar-refractivity contribution is -0.201. The zero-order valence-corrected chi connectivity index (χ0v) is 22.8. The lowest BCUT2D eigenvalue weighted by Crippen LogP contribution is -2.69. The van der Waals surface area contributed by atoms with Crippen molar-refractivity contribution in [1.29, 1.82) is 0 Å². The molecule has 2 aromatic heterocycles. The predicted octanol–water partition coefficient (Wildman–Crippen LogP) is 3.90. The van der Waals surface area contributed by atoms with E-state index in [0.29, 0.717) is 23.6 Å². The second-order valence-corrected chi connectivity index (χ2v) is 14.7. The molecule has 2 aromatic rings. The van der Waals surface area contributed by atoms with Crippen LogP contribution < -0.4 is 0 Å². The van der Waals surface area contributed by atoms with Gasteiger partial charge >= 0.3 is 12.2 Å². The number of nitrogens with one attached hydrogen (secondary N) is 1. The van der Waals surface area contributed by atoms with Crippen LogP contribution in [-0.4, -0.2) is 78.7 Å². The number of piperidine rings is 1. The Bertz CT molecular complexity index is 1400. The van der Waals surface area contributed by atoms with Gasteiger partial charge < -0.3 is 19.3 Å². The molecule has 2 bridgehead atoms. The number of alkyl halides is 3. The summed E-state index contributed by atoms with van der Waals surface area (Å²) in [6.45, 7) is 3.10. The van der Waals surface area contributed by atoms with E-state index in [1.165, 1.54) is 0 Å². The van der Waals surface area contributed by atoms with Crippen molar-refractivity contribution >= 4 is 6.03 Å². The molecule has 8 fully saturated rings. The van der Waals surface area contributed by atoms with Crippen LogP contribution in [0.15, 0.2) is 4.42 Å². The third kappa shape index (κ3) is 3.32. The highest BCUT2D eigenvalue weighted by molar-refractivity contribution is 5.75. The minimum atomic E-state index is -4.35. The summed E-state index contributed by atoms with van der Waals surface area (Å²) in [4.78, 5) is 21.7. The van der Waals surface area contributed by atoms with Crippen LogP contribution in [0.5, 0.6) is 0 Å². The molecular formula is C28H34F3N7O3. The number of nitrogens with zero attached hydrogens (tertiary/aromatic N) is 6. The number of hydrogen-bond donors (Lipinski definition) is 2. The van der Waals surface area contributed by atoms with Gasteiger partial charge in [0.25, 0.3) is 0 Å². The Labute approximate surface area is 234 Å². The number of halogens is 3. The average Bonchev–Trinajstić information content (AvgIpc) is 3.69. The van der Waals surface area contributed by atoms with Crippen molar-refractivity contribution in [1.82, 2.24) is 35.2 Å². The Hall–Kier alpha value is -2.70. The summed E-state index contributed by atoms with van der Waals surface area (Å²) in [5.41, 5.74) is -2.58. The molecular weight excluding hydrogens is 539 g/mol. The first-order chi connectivity index (χ1) is 19.5. The summed E-state index contributed by atoms with van der Waals surface area (Å²) in [6, 6.07) is 0.140. The molecule has 2 N–H and O–H groups in total. The van der Waals surface area contributed by atoms with Crippen LogP contribution in [0.4, 0.5) is 18.0 Å². The Balaban J connectivity index is 0.749. The van der Waals surface area contributed by atoms with Crippen molar-refractivity contribution < 1.29 is 27.5 Å². The second kappa shape index (κ2) is 7.44. The van der Waals surface area contributed by atoms with Gasteiger partial charge in [-0.25, -0.2) is 9.78 Å². The van der Waals surface area contributed by atoms with E-state index in [4.69, 9.17) is 4.42 Å². The summed E-state index contributed by atoms with van der Waals surface area (Å²) in [7, 11) is 0. The number of hydrogen-bond acceptors (Lipinski definition) is 7. The van der Waals surface area contributed by atoms with Crippen LogP contribution in [-0.2, 0) is 16.4 Å². The van der Waals surface area contributed by atoms with Gasteiger partial charge in [-0.05, 0) is 82.0 Å². The molecule has 10 rings (SSSR count). The summed E-state index contributed by atoms with van der Waals surface area (Å²) in [5.74, 6) is 2.37. The van der Waals surface area contributed by atoms with Crippen LogP contribution in [0.1, 0.15) is 100.0 Å². The first-order valence-corrected chi connectivity index (χ1v) is 15.1. The number of urea groups is 1. The molecule has 1 spiro atoms. The van der Waals surface area contributed by atoms with Gasteiger partial charge in [0.15, 0.2) is 5.82 Å². The van der Waals surface area contributed by atoms with Gasteiger partial charge in [-0.15, -0.1) is 10.2 Å². The van der Waals surface area contributed by atoms with E-state index in [2.05, 4.69) is 25.4 Å². The molecule has 0 unspecified atom stereocenters. The van der Waals surface area contributed by atoms with Crippen LogP contribution in [0.2, 0.25) is 0 Å². The molecule has 41 heavy (non-hydrogen) atoms. The Kier molecular flexibility index (Phi) is 4.51. The standard InChI is InChI=1S/C28H34F3N7O3/c29-28(30,31)26(3-4-26)21-36-35-20(41-21)25-11-24(12-25,13-25)17-1-7-37(8-2-17)22(39)38-14-23(15-38)9-16(10-23)18-32-19(34-33-18)27(40)5-6-27/h16-17,40H,1-15H2,(H,32,33,34). The molecule has 0 radical (unpaired) electrons. The molecule has 10 nitrogen and oxygen atoms in total. The number of H-pyrrole nitrogens is 1. The van der Waals surface area contributed by atoms with Gasteiger partial charge in [0.1, 0.15) is 16.8 Å². The average molecular weight is 574 g/mol. The molecule has 0 atom stereocenters. The lowest BCUT2D eigenvalue weighted by Gasteiger charge is -2.72. The molecule has 6 saturated carbocycles. The fourth-order valence-electron chi connectivity index (χ4n) is 9.13. The number of carbonyl (C=O) groups is 1. The SMILES string of the molecule is O=C(N1CCC(C23CC(c4nnc(C5(C(F)(F)F)CC5)o4)(C2)C3)CC1)N1CC2(CC(c3nc(C4(O)CC4)n[nH]3)C2)C1. The van der Waals surface area contributed by atoms with E-state index in [9.17, 15) is 23.1 Å². The largest absolute Gasteiger partial charge is 0.424 e. The molecule has 2 aliphatic heterocycles. The van der Waals surface area contributed by atoms with E-state index in [0.717, 1.165) is 89.8 Å². The number of likely N-dealkylation sites (tertiary alicyclic amines) is 2. The topological polar surface area (TPSA) is 124 Å². The maximum Gasteiger partial charge on any atom is 0.403 e. The number of aromatic nitrogens is 5. The second-order valence-electron chi connectivity index (χ2n) is 14.7. The molecule has 220 valence electrons. The smallest absolute Gasteiger partial charge is 0.403 e. The fourth-order valence-corrected chi connectivity index (χ4v) is 9.13. The van der Waals surface area contributed by atoms with Crippen LogP contribution in [0.25, 0.3) is 0 Å². The van der Waals surface area contributed by atoms with Crippen molar-refractivity contribution in [3.8, 4) is 0 Å². The molecule has 8 aliphatic rings. The normalized spacial score (nSPS) is 34.4. The zero-order valence-electron chi connectivity index (χ0n) is 22.8. The van der Waals surface area contributed by atoms with E-state index in [-0.39, 0.29) is 41.0 Å². The van der Waals surface area contributed by atoms with Gasteiger partial charge in [-0.3, -0.25) is 5.10 Å². The maximum absolute atomic E-state index is 13.5.